The highest BCUT2D eigenvalue weighted by molar-refractivity contribution is 5.69. The molecule has 1 fully saturated rings. The molecule has 1 aromatic carbocycles. The largest absolute Gasteiger partial charge is 0.444 e. The number of hydrogen-bond acceptors (Lipinski definition) is 5. The van der Waals surface area contributed by atoms with Crippen LogP contribution in [0.2, 0.25) is 0 Å². The van der Waals surface area contributed by atoms with Crippen LogP contribution < -0.4 is 0 Å². The number of carbonyl (C=O) groups is 1. The number of aromatic nitrogens is 3. The number of halogens is 3. The van der Waals surface area contributed by atoms with Crippen molar-refractivity contribution in [2.24, 2.45) is 0 Å². The first-order chi connectivity index (χ1) is 13.5. The number of hydrogen-bond donors (Lipinski definition) is 0. The van der Waals surface area contributed by atoms with Crippen LogP contribution >= 0.6 is 0 Å². The maximum Gasteiger partial charge on any atom is 0.416 e. The number of likely N-dealkylation sites (tertiary alicyclic amines) is 1. The maximum atomic E-state index is 12.8. The van der Waals surface area contributed by atoms with Gasteiger partial charge in [0.25, 0.3) is 0 Å². The average Bonchev–Trinajstić information content (AvgIpc) is 3.23. The molecular weight excluding hydrogens is 389 g/mol. The van der Waals surface area contributed by atoms with Crippen LogP contribution in [0.25, 0.3) is 11.3 Å². The maximum absolute atomic E-state index is 12.8. The van der Waals surface area contributed by atoms with Gasteiger partial charge in [0, 0.05) is 12.1 Å². The Labute approximate surface area is 165 Å². The van der Waals surface area contributed by atoms with Crippen LogP contribution in [0.4, 0.5) is 18.0 Å². The molecule has 2 aliphatic rings. The SMILES string of the molecule is CC(C)(C)OC(=O)N1CC2[C@H](C1)OCc1c(-c3ccc(C(F)(F)F)cc3)nnn12. The second kappa shape index (κ2) is 6.72. The molecular formula is C19H21F3N4O3. The minimum absolute atomic E-state index is 0.215. The van der Waals surface area contributed by atoms with Gasteiger partial charge in [0.2, 0.25) is 0 Å². The Bertz CT molecular complexity index is 918. The minimum atomic E-state index is -4.39. The van der Waals surface area contributed by atoms with Gasteiger partial charge in [-0.15, -0.1) is 5.10 Å². The number of alkyl halides is 3. The highest BCUT2D eigenvalue weighted by Gasteiger charge is 2.43. The Morgan fingerprint density at radius 1 is 1.17 bits per heavy atom. The summed E-state index contributed by atoms with van der Waals surface area (Å²) >= 11 is 0. The number of carbonyl (C=O) groups excluding carboxylic acids is 1. The molecule has 2 aromatic rings. The molecule has 1 unspecified atom stereocenters. The van der Waals surface area contributed by atoms with Crippen molar-refractivity contribution in [1.82, 2.24) is 19.9 Å². The highest BCUT2D eigenvalue weighted by Crippen LogP contribution is 2.36. The summed E-state index contributed by atoms with van der Waals surface area (Å²) in [7, 11) is 0. The summed E-state index contributed by atoms with van der Waals surface area (Å²) in [5, 5.41) is 8.37. The lowest BCUT2D eigenvalue weighted by atomic mass is 10.1. The number of benzene rings is 1. The van der Waals surface area contributed by atoms with Gasteiger partial charge in [-0.2, -0.15) is 13.2 Å². The predicted molar refractivity (Wildman–Crippen MR) is 95.9 cm³/mol. The van der Waals surface area contributed by atoms with Gasteiger partial charge in [-0.25, -0.2) is 9.48 Å². The lowest BCUT2D eigenvalue weighted by Crippen LogP contribution is -2.36. The average molecular weight is 410 g/mol. The van der Waals surface area contributed by atoms with E-state index in [1.807, 2.05) is 0 Å². The van der Waals surface area contributed by atoms with E-state index in [9.17, 15) is 18.0 Å². The summed E-state index contributed by atoms with van der Waals surface area (Å²) in [6.45, 7) is 6.37. The van der Waals surface area contributed by atoms with Crippen LogP contribution in [0.15, 0.2) is 24.3 Å². The molecule has 4 rings (SSSR count). The van der Waals surface area contributed by atoms with Crippen LogP contribution in [0.5, 0.6) is 0 Å². The summed E-state index contributed by atoms with van der Waals surface area (Å²) in [5.74, 6) is 0. The first-order valence-corrected chi connectivity index (χ1v) is 9.24. The van der Waals surface area contributed by atoms with Gasteiger partial charge in [-0.05, 0) is 32.9 Å². The fourth-order valence-corrected chi connectivity index (χ4v) is 3.57. The Morgan fingerprint density at radius 2 is 1.86 bits per heavy atom. The van der Waals surface area contributed by atoms with Crippen molar-refractivity contribution in [3.63, 3.8) is 0 Å². The molecule has 29 heavy (non-hydrogen) atoms. The quantitative estimate of drug-likeness (QED) is 0.718. The molecule has 1 saturated heterocycles. The van der Waals surface area contributed by atoms with Crippen molar-refractivity contribution in [1.29, 1.82) is 0 Å². The van der Waals surface area contributed by atoms with Gasteiger partial charge >= 0.3 is 12.3 Å². The van der Waals surface area contributed by atoms with Gasteiger partial charge < -0.3 is 14.4 Å². The monoisotopic (exact) mass is 410 g/mol. The standard InChI is InChI=1S/C19H21F3N4O3/c1-18(2,3)29-17(27)25-8-13-15(9-25)28-10-14-16(23-24-26(13)14)11-4-6-12(7-5-11)19(20,21)22/h4-7,13,15H,8-10H2,1-3H3/t13?,15-/m0/s1. The van der Waals surface area contributed by atoms with E-state index in [-0.39, 0.29) is 18.8 Å². The number of fused-ring (bicyclic) bond motifs is 3. The van der Waals surface area contributed by atoms with Crippen molar-refractivity contribution in [3.05, 3.63) is 35.5 Å². The predicted octanol–water partition coefficient (Wildman–Crippen LogP) is 3.65. The second-order valence-corrected chi connectivity index (χ2v) is 8.21. The zero-order chi connectivity index (χ0) is 21.0. The Hall–Kier alpha value is -2.62. The molecule has 0 N–H and O–H groups in total. The van der Waals surface area contributed by atoms with E-state index in [4.69, 9.17) is 9.47 Å². The normalized spacial score (nSPS) is 21.7. The molecule has 10 heteroatoms. The molecule has 0 aliphatic carbocycles. The number of rotatable bonds is 1. The fraction of sp³-hybridized carbons (Fsp3) is 0.526. The van der Waals surface area contributed by atoms with Crippen LogP contribution in [0.3, 0.4) is 0 Å². The molecule has 1 amide bonds. The molecule has 0 radical (unpaired) electrons. The molecule has 0 spiro atoms. The Morgan fingerprint density at radius 3 is 2.48 bits per heavy atom. The van der Waals surface area contributed by atoms with Gasteiger partial charge in [-0.1, -0.05) is 17.3 Å². The lowest BCUT2D eigenvalue weighted by Gasteiger charge is -2.26. The molecule has 2 atom stereocenters. The highest BCUT2D eigenvalue weighted by atomic mass is 19.4. The molecule has 0 bridgehead atoms. The van der Waals surface area contributed by atoms with E-state index in [0.717, 1.165) is 12.1 Å². The zero-order valence-electron chi connectivity index (χ0n) is 16.2. The molecule has 2 aliphatic heterocycles. The molecule has 1 aromatic heterocycles. The van der Waals surface area contributed by atoms with Crippen LogP contribution in [-0.4, -0.2) is 50.8 Å². The molecule has 3 heterocycles. The third kappa shape index (κ3) is 3.81. The van der Waals surface area contributed by atoms with Gasteiger partial charge in [-0.3, -0.25) is 0 Å². The molecule has 7 nitrogen and oxygen atoms in total. The Balaban J connectivity index is 1.55. The van der Waals surface area contributed by atoms with Crippen LogP contribution in [0, 0.1) is 0 Å². The third-order valence-corrected chi connectivity index (χ3v) is 4.91. The third-order valence-electron chi connectivity index (χ3n) is 4.91. The fourth-order valence-electron chi connectivity index (χ4n) is 3.57. The first kappa shape index (κ1) is 19.7. The zero-order valence-corrected chi connectivity index (χ0v) is 16.2. The van der Waals surface area contributed by atoms with Crippen molar-refractivity contribution in [2.45, 2.75) is 51.3 Å². The molecule has 0 saturated carbocycles. The Kier molecular flexibility index (Phi) is 4.56. The van der Waals surface area contributed by atoms with Gasteiger partial charge in [0.15, 0.2) is 0 Å². The van der Waals surface area contributed by atoms with Gasteiger partial charge in [0.05, 0.1) is 36.6 Å². The smallest absolute Gasteiger partial charge is 0.416 e. The van der Waals surface area contributed by atoms with Crippen molar-refractivity contribution < 1.29 is 27.4 Å². The van der Waals surface area contributed by atoms with E-state index >= 15 is 0 Å². The van der Waals surface area contributed by atoms with E-state index in [0.29, 0.717) is 30.0 Å². The topological polar surface area (TPSA) is 69.5 Å². The van der Waals surface area contributed by atoms with Crippen molar-refractivity contribution in [2.75, 3.05) is 13.1 Å². The minimum Gasteiger partial charge on any atom is -0.444 e. The van der Waals surface area contributed by atoms with Crippen LogP contribution in [-0.2, 0) is 22.3 Å². The van der Waals surface area contributed by atoms with Crippen LogP contribution in [0.1, 0.15) is 38.1 Å². The molecule has 156 valence electrons. The van der Waals surface area contributed by atoms with Gasteiger partial charge in [0.1, 0.15) is 11.3 Å². The van der Waals surface area contributed by atoms with E-state index < -0.39 is 23.4 Å². The number of amides is 1. The van der Waals surface area contributed by atoms with Crippen molar-refractivity contribution in [3.8, 4) is 11.3 Å². The summed E-state index contributed by atoms with van der Waals surface area (Å²) in [4.78, 5) is 13.9. The first-order valence-electron chi connectivity index (χ1n) is 9.24. The van der Waals surface area contributed by atoms with E-state index in [2.05, 4.69) is 10.3 Å². The van der Waals surface area contributed by atoms with E-state index in [1.165, 1.54) is 12.1 Å². The summed E-state index contributed by atoms with van der Waals surface area (Å²) in [6, 6.07) is 4.57. The van der Waals surface area contributed by atoms with E-state index in [1.54, 1.807) is 30.4 Å². The summed E-state index contributed by atoms with van der Waals surface area (Å²) < 4.78 is 51.4. The lowest BCUT2D eigenvalue weighted by molar-refractivity contribution is -0.137. The summed E-state index contributed by atoms with van der Waals surface area (Å²) in [5.41, 5.74) is 0.371. The number of ether oxygens (including phenoxy) is 2. The van der Waals surface area contributed by atoms with Crippen molar-refractivity contribution >= 4 is 6.09 Å². The summed E-state index contributed by atoms with van der Waals surface area (Å²) in [6.07, 6.45) is -5.05. The second-order valence-electron chi connectivity index (χ2n) is 8.21. The number of nitrogens with zero attached hydrogens (tertiary/aromatic N) is 4.